The van der Waals surface area contributed by atoms with Crippen molar-refractivity contribution in [1.82, 2.24) is 5.32 Å². The zero-order valence-electron chi connectivity index (χ0n) is 9.91. The smallest absolute Gasteiger partial charge is 0.242 e. The summed E-state index contributed by atoms with van der Waals surface area (Å²) < 4.78 is 0. The third-order valence-electron chi connectivity index (χ3n) is 2.20. The van der Waals surface area contributed by atoms with Crippen LogP contribution in [0.2, 0.25) is 0 Å². The SMILES string of the molecule is CCNC(=O)C(C)Nc1cccc(SC)c1. The topological polar surface area (TPSA) is 41.1 Å². The van der Waals surface area contributed by atoms with Crippen molar-refractivity contribution in [2.24, 2.45) is 0 Å². The largest absolute Gasteiger partial charge is 0.374 e. The minimum Gasteiger partial charge on any atom is -0.374 e. The summed E-state index contributed by atoms with van der Waals surface area (Å²) in [6.07, 6.45) is 2.03. The van der Waals surface area contributed by atoms with Crippen molar-refractivity contribution in [3.8, 4) is 0 Å². The molecule has 1 amide bonds. The maximum Gasteiger partial charge on any atom is 0.242 e. The van der Waals surface area contributed by atoms with Gasteiger partial charge in [-0.25, -0.2) is 0 Å². The summed E-state index contributed by atoms with van der Waals surface area (Å²) in [7, 11) is 0. The second-order valence-electron chi connectivity index (χ2n) is 3.49. The van der Waals surface area contributed by atoms with Crippen LogP contribution in [0.4, 0.5) is 5.69 Å². The molecule has 1 aromatic rings. The predicted molar refractivity (Wildman–Crippen MR) is 70.0 cm³/mol. The zero-order chi connectivity index (χ0) is 12.0. The Bertz CT molecular complexity index is 355. The molecule has 2 N–H and O–H groups in total. The number of amides is 1. The van der Waals surface area contributed by atoms with Crippen LogP contribution in [0.1, 0.15) is 13.8 Å². The first-order valence-corrected chi connectivity index (χ1v) is 6.58. The molecule has 0 bridgehead atoms. The van der Waals surface area contributed by atoms with Gasteiger partial charge in [0.25, 0.3) is 0 Å². The van der Waals surface area contributed by atoms with E-state index in [-0.39, 0.29) is 11.9 Å². The molecule has 1 rings (SSSR count). The van der Waals surface area contributed by atoms with E-state index in [4.69, 9.17) is 0 Å². The van der Waals surface area contributed by atoms with Gasteiger partial charge in [0.2, 0.25) is 5.91 Å². The summed E-state index contributed by atoms with van der Waals surface area (Å²) in [5.74, 6) is 0.0251. The summed E-state index contributed by atoms with van der Waals surface area (Å²) in [6.45, 7) is 4.44. The summed E-state index contributed by atoms with van der Waals surface area (Å²) in [5.41, 5.74) is 0.977. The summed E-state index contributed by atoms with van der Waals surface area (Å²) >= 11 is 1.69. The molecule has 3 nitrogen and oxygen atoms in total. The highest BCUT2D eigenvalue weighted by molar-refractivity contribution is 7.98. The maximum absolute atomic E-state index is 11.5. The third-order valence-corrected chi connectivity index (χ3v) is 2.92. The van der Waals surface area contributed by atoms with Crippen molar-refractivity contribution < 1.29 is 4.79 Å². The second kappa shape index (κ2) is 6.43. The van der Waals surface area contributed by atoms with Gasteiger partial charge in [-0.2, -0.15) is 0 Å². The third kappa shape index (κ3) is 3.77. The lowest BCUT2D eigenvalue weighted by Crippen LogP contribution is -2.37. The molecule has 1 aromatic carbocycles. The highest BCUT2D eigenvalue weighted by Gasteiger charge is 2.10. The van der Waals surface area contributed by atoms with Crippen LogP contribution >= 0.6 is 11.8 Å². The number of anilines is 1. The van der Waals surface area contributed by atoms with Crippen LogP contribution in [0.15, 0.2) is 29.2 Å². The minimum atomic E-state index is -0.211. The van der Waals surface area contributed by atoms with Crippen molar-refractivity contribution in [2.45, 2.75) is 24.8 Å². The second-order valence-corrected chi connectivity index (χ2v) is 4.37. The van der Waals surface area contributed by atoms with Gasteiger partial charge in [0, 0.05) is 17.1 Å². The lowest BCUT2D eigenvalue weighted by atomic mass is 10.2. The van der Waals surface area contributed by atoms with E-state index in [9.17, 15) is 4.79 Å². The molecule has 1 unspecified atom stereocenters. The van der Waals surface area contributed by atoms with Crippen LogP contribution in [0.3, 0.4) is 0 Å². The molecule has 0 aliphatic carbocycles. The van der Waals surface area contributed by atoms with Crippen LogP contribution in [0, 0.1) is 0 Å². The lowest BCUT2D eigenvalue weighted by Gasteiger charge is -2.14. The first kappa shape index (κ1) is 12.9. The highest BCUT2D eigenvalue weighted by Crippen LogP contribution is 2.19. The Morgan fingerprint density at radius 3 is 2.88 bits per heavy atom. The van der Waals surface area contributed by atoms with Gasteiger partial charge in [-0.05, 0) is 38.3 Å². The molecule has 0 saturated carbocycles. The Labute approximate surface area is 101 Å². The molecule has 0 aromatic heterocycles. The van der Waals surface area contributed by atoms with E-state index in [0.717, 1.165) is 5.69 Å². The molecule has 0 spiro atoms. The van der Waals surface area contributed by atoms with E-state index in [1.54, 1.807) is 11.8 Å². The van der Waals surface area contributed by atoms with Crippen LogP contribution < -0.4 is 10.6 Å². The number of thioether (sulfide) groups is 1. The molecule has 0 heterocycles. The Morgan fingerprint density at radius 2 is 2.25 bits per heavy atom. The lowest BCUT2D eigenvalue weighted by molar-refractivity contribution is -0.121. The fraction of sp³-hybridized carbons (Fsp3) is 0.417. The van der Waals surface area contributed by atoms with Crippen LogP contribution in [0.5, 0.6) is 0 Å². The molecule has 1 atom stereocenters. The van der Waals surface area contributed by atoms with E-state index < -0.39 is 0 Å². The Morgan fingerprint density at radius 1 is 1.50 bits per heavy atom. The number of benzene rings is 1. The monoisotopic (exact) mass is 238 g/mol. The van der Waals surface area contributed by atoms with Gasteiger partial charge < -0.3 is 10.6 Å². The van der Waals surface area contributed by atoms with Gasteiger partial charge in [0.05, 0.1) is 0 Å². The van der Waals surface area contributed by atoms with Crippen molar-refractivity contribution >= 4 is 23.4 Å². The average Bonchev–Trinajstić information content (AvgIpc) is 2.29. The van der Waals surface area contributed by atoms with Gasteiger partial charge >= 0.3 is 0 Å². The van der Waals surface area contributed by atoms with E-state index in [0.29, 0.717) is 6.54 Å². The van der Waals surface area contributed by atoms with Crippen molar-refractivity contribution in [2.75, 3.05) is 18.1 Å². The number of carbonyl (C=O) groups excluding carboxylic acids is 1. The molecule has 0 fully saturated rings. The van der Waals surface area contributed by atoms with Crippen molar-refractivity contribution in [3.05, 3.63) is 24.3 Å². The standard InChI is InChI=1S/C12H18N2OS/c1-4-13-12(15)9(2)14-10-6-5-7-11(8-10)16-3/h5-9,14H,4H2,1-3H3,(H,13,15). The molecule has 88 valence electrons. The Hall–Kier alpha value is -1.16. The van der Waals surface area contributed by atoms with Crippen molar-refractivity contribution in [3.63, 3.8) is 0 Å². The van der Waals surface area contributed by atoms with Gasteiger partial charge in [-0.1, -0.05) is 6.07 Å². The van der Waals surface area contributed by atoms with E-state index >= 15 is 0 Å². The average molecular weight is 238 g/mol. The number of rotatable bonds is 5. The number of hydrogen-bond donors (Lipinski definition) is 2. The molecule has 0 saturated heterocycles. The van der Waals surface area contributed by atoms with Gasteiger partial charge in [0.15, 0.2) is 0 Å². The van der Waals surface area contributed by atoms with Gasteiger partial charge in [-0.3, -0.25) is 4.79 Å². The van der Waals surface area contributed by atoms with Crippen molar-refractivity contribution in [1.29, 1.82) is 0 Å². The predicted octanol–water partition coefficient (Wildman–Crippen LogP) is 2.34. The number of carbonyl (C=O) groups is 1. The summed E-state index contributed by atoms with van der Waals surface area (Å²) in [5, 5.41) is 5.96. The molecular formula is C12H18N2OS. The van der Waals surface area contributed by atoms with Crippen LogP contribution in [0.25, 0.3) is 0 Å². The number of hydrogen-bond acceptors (Lipinski definition) is 3. The first-order chi connectivity index (χ1) is 7.67. The van der Waals surface area contributed by atoms with E-state index in [1.807, 2.05) is 44.4 Å². The fourth-order valence-corrected chi connectivity index (χ4v) is 1.82. The summed E-state index contributed by atoms with van der Waals surface area (Å²) in [6, 6.07) is 7.83. The molecular weight excluding hydrogens is 220 g/mol. The Kier molecular flexibility index (Phi) is 5.19. The molecule has 0 radical (unpaired) electrons. The fourth-order valence-electron chi connectivity index (χ4n) is 1.36. The normalized spacial score (nSPS) is 11.9. The maximum atomic E-state index is 11.5. The molecule has 0 aliphatic heterocycles. The van der Waals surface area contributed by atoms with E-state index in [2.05, 4.69) is 10.6 Å². The van der Waals surface area contributed by atoms with E-state index in [1.165, 1.54) is 4.90 Å². The highest BCUT2D eigenvalue weighted by atomic mass is 32.2. The molecule has 4 heteroatoms. The Balaban J connectivity index is 2.61. The zero-order valence-corrected chi connectivity index (χ0v) is 10.7. The first-order valence-electron chi connectivity index (χ1n) is 5.35. The van der Waals surface area contributed by atoms with Gasteiger partial charge in [0.1, 0.15) is 6.04 Å². The van der Waals surface area contributed by atoms with Crippen LogP contribution in [-0.2, 0) is 4.79 Å². The molecule has 0 aliphatic rings. The number of likely N-dealkylation sites (N-methyl/N-ethyl adjacent to an activating group) is 1. The van der Waals surface area contributed by atoms with Crippen LogP contribution in [-0.4, -0.2) is 24.7 Å². The quantitative estimate of drug-likeness (QED) is 0.774. The van der Waals surface area contributed by atoms with Gasteiger partial charge in [-0.15, -0.1) is 11.8 Å². The molecule has 16 heavy (non-hydrogen) atoms. The minimum absolute atomic E-state index is 0.0251. The summed E-state index contributed by atoms with van der Waals surface area (Å²) in [4.78, 5) is 12.7. The number of nitrogens with one attached hydrogen (secondary N) is 2.